The second-order valence-electron chi connectivity index (χ2n) is 4.16. The first-order valence-corrected chi connectivity index (χ1v) is 6.04. The van der Waals surface area contributed by atoms with E-state index < -0.39 is 31.0 Å². The van der Waals surface area contributed by atoms with Crippen molar-refractivity contribution in [1.82, 2.24) is 19.8 Å². The van der Waals surface area contributed by atoms with Gasteiger partial charge < -0.3 is 25.5 Å². The van der Waals surface area contributed by atoms with Crippen molar-refractivity contribution in [1.29, 1.82) is 0 Å². The first-order valence-electron chi connectivity index (χ1n) is 5.66. The lowest BCUT2D eigenvalue weighted by atomic mass is 10.0. The Labute approximate surface area is 117 Å². The lowest BCUT2D eigenvalue weighted by Gasteiger charge is -2.24. The number of fused-ring (bicyclic) bond motifs is 1. The van der Waals surface area contributed by atoms with Gasteiger partial charge in [0, 0.05) is 0 Å². The van der Waals surface area contributed by atoms with Crippen molar-refractivity contribution in [2.45, 2.75) is 24.4 Å². The zero-order valence-corrected chi connectivity index (χ0v) is 10.8. The van der Waals surface area contributed by atoms with Crippen LogP contribution in [0.4, 0.5) is 0 Å². The molecule has 2 heterocycles. The summed E-state index contributed by atoms with van der Waals surface area (Å²) in [4.78, 5) is 0. The number of aliphatic hydroxyl groups excluding tert-OH is 5. The van der Waals surface area contributed by atoms with Crippen LogP contribution in [0, 0.1) is 0 Å². The van der Waals surface area contributed by atoms with Gasteiger partial charge in [-0.3, -0.25) is 0 Å². The molecule has 0 aliphatic heterocycles. The third kappa shape index (κ3) is 2.73. The van der Waals surface area contributed by atoms with Crippen LogP contribution >= 0.6 is 11.6 Å². The van der Waals surface area contributed by atoms with Gasteiger partial charge in [-0.15, -0.1) is 10.2 Å². The Bertz CT molecular complexity index is 594. The average molecular weight is 305 g/mol. The van der Waals surface area contributed by atoms with Gasteiger partial charge in [0.1, 0.15) is 29.6 Å². The Morgan fingerprint density at radius 2 is 1.80 bits per heavy atom. The van der Waals surface area contributed by atoms with E-state index in [2.05, 4.69) is 15.3 Å². The summed E-state index contributed by atoms with van der Waals surface area (Å²) in [6.45, 7) is -0.768. The van der Waals surface area contributed by atoms with Gasteiger partial charge in [-0.25, -0.2) is 0 Å². The molecule has 0 aromatic carbocycles. The number of aliphatic hydroxyl groups is 5. The van der Waals surface area contributed by atoms with Gasteiger partial charge in [0.25, 0.3) is 0 Å². The van der Waals surface area contributed by atoms with Crippen molar-refractivity contribution in [2.75, 3.05) is 6.61 Å². The van der Waals surface area contributed by atoms with E-state index in [-0.39, 0.29) is 16.6 Å². The summed E-state index contributed by atoms with van der Waals surface area (Å²) in [5.41, 5.74) is 0.285. The molecule has 0 bridgehead atoms. The molecule has 0 fully saturated rings. The minimum atomic E-state index is -1.79. The highest BCUT2D eigenvalue weighted by Gasteiger charge is 2.33. The van der Waals surface area contributed by atoms with Crippen molar-refractivity contribution < 1.29 is 25.5 Å². The zero-order valence-electron chi connectivity index (χ0n) is 10.1. The maximum Gasteiger partial charge on any atom is 0.186 e. The third-order valence-corrected chi connectivity index (χ3v) is 2.98. The van der Waals surface area contributed by atoms with E-state index in [0.29, 0.717) is 0 Å². The number of rotatable bonds is 5. The average Bonchev–Trinajstić information content (AvgIpc) is 2.86. The predicted molar refractivity (Wildman–Crippen MR) is 65.9 cm³/mol. The number of halogens is 1. The van der Waals surface area contributed by atoms with Crippen LogP contribution < -0.4 is 0 Å². The Morgan fingerprint density at radius 3 is 2.45 bits per heavy atom. The number of hydrogen-bond donors (Lipinski definition) is 5. The van der Waals surface area contributed by atoms with E-state index in [1.807, 2.05) is 0 Å². The second kappa shape index (κ2) is 5.95. The van der Waals surface area contributed by atoms with Crippen molar-refractivity contribution in [3.05, 3.63) is 23.1 Å². The van der Waals surface area contributed by atoms with E-state index in [4.69, 9.17) is 16.7 Å². The Morgan fingerprint density at radius 1 is 1.10 bits per heavy atom. The molecule has 20 heavy (non-hydrogen) atoms. The molecular weight excluding hydrogens is 292 g/mol. The molecule has 1 unspecified atom stereocenters. The summed E-state index contributed by atoms with van der Waals surface area (Å²) in [6, 6.07) is 2.98. The lowest BCUT2D eigenvalue weighted by molar-refractivity contribution is -0.118. The molecule has 0 amide bonds. The predicted octanol–water partition coefficient (Wildman–Crippen LogP) is -2.11. The van der Waals surface area contributed by atoms with Crippen LogP contribution in [-0.2, 0) is 0 Å². The molecule has 0 saturated carbocycles. The largest absolute Gasteiger partial charge is 0.394 e. The fraction of sp³-hybridized carbons (Fsp3) is 0.500. The van der Waals surface area contributed by atoms with Gasteiger partial charge in [-0.05, 0) is 12.1 Å². The van der Waals surface area contributed by atoms with Crippen LogP contribution in [0.2, 0.25) is 5.15 Å². The summed E-state index contributed by atoms with van der Waals surface area (Å²) in [7, 11) is 0. The van der Waals surface area contributed by atoms with Crippen LogP contribution in [-0.4, -0.2) is 70.3 Å². The van der Waals surface area contributed by atoms with Crippen LogP contribution in [0.15, 0.2) is 12.1 Å². The SMILES string of the molecule is OCC(O)[C@@H](O)[C@H](O)[C@H](O)c1nnc2ccc(Cl)nn12. The van der Waals surface area contributed by atoms with Crippen molar-refractivity contribution >= 4 is 17.2 Å². The Hall–Kier alpha value is -1.36. The summed E-state index contributed by atoms with van der Waals surface area (Å²) in [5.74, 6) is -0.154. The summed E-state index contributed by atoms with van der Waals surface area (Å²) in [5, 5.41) is 58.6. The molecule has 2 aromatic rings. The number of aromatic nitrogens is 4. The van der Waals surface area contributed by atoms with Gasteiger partial charge in [0.15, 0.2) is 11.5 Å². The molecule has 10 heteroatoms. The first kappa shape index (κ1) is 15.0. The maximum absolute atomic E-state index is 9.97. The van der Waals surface area contributed by atoms with E-state index >= 15 is 0 Å². The number of hydrogen-bond acceptors (Lipinski definition) is 8. The third-order valence-electron chi connectivity index (χ3n) is 2.77. The van der Waals surface area contributed by atoms with Crippen LogP contribution in [0.1, 0.15) is 11.9 Å². The Kier molecular flexibility index (Phi) is 4.48. The normalized spacial score (nSPS) is 17.9. The van der Waals surface area contributed by atoms with Crippen LogP contribution in [0.5, 0.6) is 0 Å². The second-order valence-corrected chi connectivity index (χ2v) is 4.55. The van der Waals surface area contributed by atoms with Crippen LogP contribution in [0.3, 0.4) is 0 Å². The molecule has 0 aliphatic carbocycles. The molecule has 0 radical (unpaired) electrons. The molecule has 0 saturated heterocycles. The first-order chi connectivity index (χ1) is 9.45. The molecule has 5 N–H and O–H groups in total. The molecule has 2 aromatic heterocycles. The molecule has 110 valence electrons. The molecule has 0 aliphatic rings. The molecule has 9 nitrogen and oxygen atoms in total. The quantitative estimate of drug-likeness (QED) is 0.422. The minimum absolute atomic E-state index is 0.121. The summed E-state index contributed by atoms with van der Waals surface area (Å²) >= 11 is 5.71. The fourth-order valence-electron chi connectivity index (χ4n) is 1.64. The maximum atomic E-state index is 9.97. The van der Waals surface area contributed by atoms with Gasteiger partial charge in [0.05, 0.1) is 6.61 Å². The van der Waals surface area contributed by atoms with Crippen LogP contribution in [0.25, 0.3) is 5.65 Å². The van der Waals surface area contributed by atoms with E-state index in [9.17, 15) is 20.4 Å². The van der Waals surface area contributed by atoms with E-state index in [1.54, 1.807) is 0 Å². The van der Waals surface area contributed by atoms with Crippen molar-refractivity contribution in [3.8, 4) is 0 Å². The molecule has 2 rings (SSSR count). The van der Waals surface area contributed by atoms with E-state index in [0.717, 1.165) is 4.52 Å². The van der Waals surface area contributed by atoms with Gasteiger partial charge in [-0.1, -0.05) is 11.6 Å². The van der Waals surface area contributed by atoms with Crippen molar-refractivity contribution in [3.63, 3.8) is 0 Å². The highest BCUT2D eigenvalue weighted by Crippen LogP contribution is 2.19. The minimum Gasteiger partial charge on any atom is -0.394 e. The zero-order chi connectivity index (χ0) is 14.9. The smallest absolute Gasteiger partial charge is 0.186 e. The standard InChI is InChI=1S/C10H13ClN4O5/c11-5-1-2-6-12-13-10(15(6)14-5)9(20)8(19)7(18)4(17)3-16/h1-2,4,7-9,16-20H,3H2/t4?,7-,8+,9+/m1/s1. The summed E-state index contributed by atoms with van der Waals surface area (Å²) in [6.07, 6.45) is -6.82. The molecule has 0 spiro atoms. The van der Waals surface area contributed by atoms with Gasteiger partial charge in [0.2, 0.25) is 0 Å². The van der Waals surface area contributed by atoms with Gasteiger partial charge in [-0.2, -0.15) is 9.61 Å². The highest BCUT2D eigenvalue weighted by molar-refractivity contribution is 6.29. The van der Waals surface area contributed by atoms with Crippen molar-refractivity contribution in [2.24, 2.45) is 0 Å². The molecular formula is C10H13ClN4O5. The fourth-order valence-corrected chi connectivity index (χ4v) is 1.78. The number of nitrogens with zero attached hydrogens (tertiary/aromatic N) is 4. The van der Waals surface area contributed by atoms with Gasteiger partial charge >= 0.3 is 0 Å². The lowest BCUT2D eigenvalue weighted by Crippen LogP contribution is -2.43. The van der Waals surface area contributed by atoms with E-state index in [1.165, 1.54) is 12.1 Å². The molecule has 4 atom stereocenters. The Balaban J connectivity index is 2.31. The highest BCUT2D eigenvalue weighted by atomic mass is 35.5. The topological polar surface area (TPSA) is 144 Å². The summed E-state index contributed by atoms with van der Waals surface area (Å²) < 4.78 is 1.11. The monoisotopic (exact) mass is 304 g/mol.